The minimum absolute atomic E-state index is 0.100. The molecule has 0 aliphatic rings. The largest absolute Gasteiger partial charge is 0.350 e. The monoisotopic (exact) mass is 411 g/mol. The van der Waals surface area contributed by atoms with Crippen molar-refractivity contribution >= 4 is 17.5 Å². The standard InChI is InChI=1S/C20H15ClFN5O2/c21-15-5-1-13(2-6-15)9-23-18(28)11-27-10-17(24-12-27)19-25-20(29-26-19)14-3-7-16(22)8-4-14/h1-8,10,12H,9,11H2,(H,23,28). The van der Waals surface area contributed by atoms with Crippen molar-refractivity contribution in [3.8, 4) is 23.0 Å². The zero-order valence-corrected chi connectivity index (χ0v) is 15.8. The van der Waals surface area contributed by atoms with E-state index in [1.165, 1.54) is 18.5 Å². The minimum Gasteiger partial charge on any atom is -0.350 e. The highest BCUT2D eigenvalue weighted by Gasteiger charge is 2.14. The molecule has 7 nitrogen and oxygen atoms in total. The fraction of sp³-hybridized carbons (Fsp3) is 0.100. The minimum atomic E-state index is -0.346. The van der Waals surface area contributed by atoms with Crippen LogP contribution in [0.4, 0.5) is 4.39 Å². The molecule has 0 radical (unpaired) electrons. The summed E-state index contributed by atoms with van der Waals surface area (Å²) in [6, 6.07) is 13.0. The molecule has 9 heteroatoms. The van der Waals surface area contributed by atoms with Gasteiger partial charge in [0.25, 0.3) is 5.89 Å². The van der Waals surface area contributed by atoms with Gasteiger partial charge in [0.15, 0.2) is 0 Å². The summed E-state index contributed by atoms with van der Waals surface area (Å²) in [7, 11) is 0. The molecule has 2 heterocycles. The van der Waals surface area contributed by atoms with Gasteiger partial charge in [-0.2, -0.15) is 4.98 Å². The van der Waals surface area contributed by atoms with Crippen molar-refractivity contribution in [2.45, 2.75) is 13.1 Å². The summed E-state index contributed by atoms with van der Waals surface area (Å²) >= 11 is 5.85. The average molecular weight is 412 g/mol. The second-order valence-electron chi connectivity index (χ2n) is 6.26. The van der Waals surface area contributed by atoms with E-state index in [4.69, 9.17) is 16.1 Å². The van der Waals surface area contributed by atoms with Gasteiger partial charge in [-0.1, -0.05) is 28.9 Å². The molecule has 2 aromatic carbocycles. The number of imidazole rings is 1. The van der Waals surface area contributed by atoms with Gasteiger partial charge in [-0.15, -0.1) is 0 Å². The third kappa shape index (κ3) is 4.67. The fourth-order valence-corrected chi connectivity index (χ4v) is 2.75. The van der Waals surface area contributed by atoms with Crippen molar-refractivity contribution in [1.82, 2.24) is 25.0 Å². The Balaban J connectivity index is 1.37. The van der Waals surface area contributed by atoms with Crippen LogP contribution < -0.4 is 5.32 Å². The van der Waals surface area contributed by atoms with Gasteiger partial charge in [0.1, 0.15) is 18.1 Å². The van der Waals surface area contributed by atoms with E-state index in [1.807, 2.05) is 12.1 Å². The highest BCUT2D eigenvalue weighted by atomic mass is 35.5. The Morgan fingerprint density at radius 2 is 1.90 bits per heavy atom. The maximum Gasteiger partial charge on any atom is 0.258 e. The van der Waals surface area contributed by atoms with Gasteiger partial charge in [0.05, 0.1) is 6.33 Å². The Morgan fingerprint density at radius 3 is 2.66 bits per heavy atom. The lowest BCUT2D eigenvalue weighted by Gasteiger charge is -2.06. The molecule has 0 atom stereocenters. The topological polar surface area (TPSA) is 85.8 Å². The summed E-state index contributed by atoms with van der Waals surface area (Å²) in [4.78, 5) is 20.6. The number of amides is 1. The molecule has 0 aliphatic heterocycles. The highest BCUT2D eigenvalue weighted by molar-refractivity contribution is 6.30. The van der Waals surface area contributed by atoms with Crippen LogP contribution in [0.2, 0.25) is 5.02 Å². The lowest BCUT2D eigenvalue weighted by atomic mass is 10.2. The van der Waals surface area contributed by atoms with E-state index in [0.717, 1.165) is 5.56 Å². The molecule has 4 rings (SSSR count). The smallest absolute Gasteiger partial charge is 0.258 e. The first-order valence-electron chi connectivity index (χ1n) is 8.70. The molecule has 0 unspecified atom stereocenters. The normalized spacial score (nSPS) is 10.8. The first-order chi connectivity index (χ1) is 14.1. The molecule has 146 valence electrons. The molecular weight excluding hydrogens is 397 g/mol. The second kappa shape index (κ2) is 8.24. The van der Waals surface area contributed by atoms with Crippen LogP contribution in [0.5, 0.6) is 0 Å². The number of carbonyl (C=O) groups excluding carboxylic acids is 1. The van der Waals surface area contributed by atoms with E-state index < -0.39 is 0 Å². The van der Waals surface area contributed by atoms with Gasteiger partial charge < -0.3 is 14.4 Å². The van der Waals surface area contributed by atoms with E-state index in [-0.39, 0.29) is 30.0 Å². The number of aromatic nitrogens is 4. The molecule has 0 bridgehead atoms. The van der Waals surface area contributed by atoms with Crippen LogP contribution in [0.15, 0.2) is 65.6 Å². The first-order valence-corrected chi connectivity index (χ1v) is 9.07. The summed E-state index contributed by atoms with van der Waals surface area (Å²) in [5.41, 5.74) is 2.02. The quantitative estimate of drug-likeness (QED) is 0.522. The van der Waals surface area contributed by atoms with Crippen LogP contribution in [-0.4, -0.2) is 25.6 Å². The van der Waals surface area contributed by atoms with Gasteiger partial charge in [-0.05, 0) is 42.0 Å². The molecule has 1 N–H and O–H groups in total. The molecule has 0 saturated carbocycles. The Labute approximate surface area is 170 Å². The Hall–Kier alpha value is -3.52. The van der Waals surface area contributed by atoms with Crippen molar-refractivity contribution in [2.24, 2.45) is 0 Å². The zero-order chi connectivity index (χ0) is 20.2. The predicted octanol–water partition coefficient (Wildman–Crippen LogP) is 3.71. The van der Waals surface area contributed by atoms with Crippen LogP contribution >= 0.6 is 11.6 Å². The number of halogens is 2. The summed E-state index contributed by atoms with van der Waals surface area (Å²) < 4.78 is 19.9. The van der Waals surface area contributed by atoms with Crippen LogP contribution in [0.3, 0.4) is 0 Å². The number of nitrogens with zero attached hydrogens (tertiary/aromatic N) is 4. The van der Waals surface area contributed by atoms with Crippen LogP contribution in [0, 0.1) is 5.82 Å². The summed E-state index contributed by atoms with van der Waals surface area (Å²) in [6.07, 6.45) is 3.17. The van der Waals surface area contributed by atoms with Crippen molar-refractivity contribution in [3.63, 3.8) is 0 Å². The SMILES string of the molecule is O=C(Cn1cnc(-c2noc(-c3ccc(F)cc3)n2)c1)NCc1ccc(Cl)cc1. The number of hydrogen-bond acceptors (Lipinski definition) is 5. The lowest BCUT2D eigenvalue weighted by Crippen LogP contribution is -2.26. The molecule has 29 heavy (non-hydrogen) atoms. The molecule has 0 fully saturated rings. The van der Waals surface area contributed by atoms with E-state index in [1.54, 1.807) is 35.0 Å². The molecule has 1 amide bonds. The lowest BCUT2D eigenvalue weighted by molar-refractivity contribution is -0.121. The average Bonchev–Trinajstić information content (AvgIpc) is 3.38. The molecule has 4 aromatic rings. The zero-order valence-electron chi connectivity index (χ0n) is 15.0. The second-order valence-corrected chi connectivity index (χ2v) is 6.70. The fourth-order valence-electron chi connectivity index (χ4n) is 2.62. The van der Waals surface area contributed by atoms with Crippen molar-refractivity contribution in [1.29, 1.82) is 0 Å². The molecule has 2 aromatic heterocycles. The molecule has 0 saturated heterocycles. The third-order valence-electron chi connectivity index (χ3n) is 4.11. The van der Waals surface area contributed by atoms with Gasteiger partial charge in [0.2, 0.25) is 11.7 Å². The number of rotatable bonds is 6. The van der Waals surface area contributed by atoms with Crippen molar-refractivity contribution < 1.29 is 13.7 Å². The first kappa shape index (κ1) is 18.8. The number of carbonyl (C=O) groups is 1. The van der Waals surface area contributed by atoms with E-state index in [9.17, 15) is 9.18 Å². The van der Waals surface area contributed by atoms with Crippen LogP contribution in [-0.2, 0) is 17.9 Å². The van der Waals surface area contributed by atoms with Gasteiger partial charge in [0, 0.05) is 23.3 Å². The number of hydrogen-bond donors (Lipinski definition) is 1. The van der Waals surface area contributed by atoms with Crippen molar-refractivity contribution in [2.75, 3.05) is 0 Å². The third-order valence-corrected chi connectivity index (χ3v) is 4.36. The predicted molar refractivity (Wildman–Crippen MR) is 104 cm³/mol. The number of benzene rings is 2. The maximum absolute atomic E-state index is 13.0. The van der Waals surface area contributed by atoms with Gasteiger partial charge in [-0.3, -0.25) is 4.79 Å². The molecule has 0 spiro atoms. The van der Waals surface area contributed by atoms with Crippen LogP contribution in [0.1, 0.15) is 5.56 Å². The summed E-state index contributed by atoms with van der Waals surface area (Å²) in [6.45, 7) is 0.507. The summed E-state index contributed by atoms with van der Waals surface area (Å²) in [5.74, 6) is 0.0329. The van der Waals surface area contributed by atoms with Gasteiger partial charge >= 0.3 is 0 Å². The Morgan fingerprint density at radius 1 is 1.14 bits per heavy atom. The van der Waals surface area contributed by atoms with Crippen LogP contribution in [0.25, 0.3) is 23.0 Å². The maximum atomic E-state index is 13.0. The Bertz CT molecular complexity index is 1120. The summed E-state index contributed by atoms with van der Waals surface area (Å²) in [5, 5.41) is 7.38. The highest BCUT2D eigenvalue weighted by Crippen LogP contribution is 2.21. The molecule has 0 aliphatic carbocycles. The van der Waals surface area contributed by atoms with E-state index in [0.29, 0.717) is 22.8 Å². The van der Waals surface area contributed by atoms with E-state index >= 15 is 0 Å². The van der Waals surface area contributed by atoms with Crippen molar-refractivity contribution in [3.05, 3.63) is 77.5 Å². The molecular formula is C20H15ClFN5O2. The van der Waals surface area contributed by atoms with Gasteiger partial charge in [-0.25, -0.2) is 9.37 Å². The van der Waals surface area contributed by atoms with E-state index in [2.05, 4.69) is 20.4 Å². The number of nitrogens with one attached hydrogen (secondary N) is 1. The Kier molecular flexibility index (Phi) is 5.35.